The summed E-state index contributed by atoms with van der Waals surface area (Å²) in [7, 11) is 0. The van der Waals surface area contributed by atoms with Gasteiger partial charge in [-0.2, -0.15) is 0 Å². The Hall–Kier alpha value is -3.00. The van der Waals surface area contributed by atoms with Gasteiger partial charge in [0, 0.05) is 0 Å². The summed E-state index contributed by atoms with van der Waals surface area (Å²) >= 11 is 1.29. The summed E-state index contributed by atoms with van der Waals surface area (Å²) in [6.07, 6.45) is 0. The van der Waals surface area contributed by atoms with Crippen LogP contribution in [0.15, 0.2) is 42.5 Å². The zero-order chi connectivity index (χ0) is 18.5. The number of esters is 1. The number of carbonyl (C=O) groups excluding carboxylic acids is 2. The number of nitrogens with one attached hydrogen (secondary N) is 1. The summed E-state index contributed by atoms with van der Waals surface area (Å²) in [5.41, 5.74) is 0.770. The topological polar surface area (TPSA) is 77.5 Å². The maximum Gasteiger partial charge on any atom is 0.338 e. The van der Waals surface area contributed by atoms with Crippen LogP contribution in [0.4, 0.5) is 9.52 Å². The van der Waals surface area contributed by atoms with E-state index in [1.165, 1.54) is 29.5 Å². The van der Waals surface area contributed by atoms with Gasteiger partial charge in [0.05, 0.1) is 22.4 Å². The molecule has 0 saturated heterocycles. The molecule has 0 atom stereocenters. The number of aromatic nitrogens is 1. The SMILES string of the molecule is CCOc1ccc2nc(NC(=O)COC(=O)c3cccc(F)c3)sc2c1. The highest BCUT2D eigenvalue weighted by molar-refractivity contribution is 7.22. The number of hydrogen-bond acceptors (Lipinski definition) is 6. The van der Waals surface area contributed by atoms with Crippen molar-refractivity contribution in [3.05, 3.63) is 53.8 Å². The van der Waals surface area contributed by atoms with E-state index in [1.54, 1.807) is 12.1 Å². The van der Waals surface area contributed by atoms with Crippen LogP contribution in [0, 0.1) is 5.82 Å². The van der Waals surface area contributed by atoms with Crippen molar-refractivity contribution in [2.24, 2.45) is 0 Å². The molecule has 0 unspecified atom stereocenters. The second-order valence-electron chi connectivity index (χ2n) is 5.22. The lowest BCUT2D eigenvalue weighted by atomic mass is 10.2. The standard InChI is InChI=1S/C18H15FN2O4S/c1-2-24-13-6-7-14-15(9-13)26-18(20-14)21-16(22)10-25-17(23)11-4-3-5-12(19)8-11/h3-9H,2,10H2,1H3,(H,20,21,22). The summed E-state index contributed by atoms with van der Waals surface area (Å²) in [5.74, 6) is -1.13. The van der Waals surface area contributed by atoms with Crippen molar-refractivity contribution in [1.29, 1.82) is 0 Å². The van der Waals surface area contributed by atoms with Gasteiger partial charge in [-0.05, 0) is 43.3 Å². The highest BCUT2D eigenvalue weighted by atomic mass is 32.1. The molecule has 8 heteroatoms. The molecule has 26 heavy (non-hydrogen) atoms. The molecule has 3 aromatic rings. The molecule has 0 radical (unpaired) electrons. The third-order valence-corrected chi connectivity index (χ3v) is 4.25. The number of nitrogens with zero attached hydrogens (tertiary/aromatic N) is 1. The van der Waals surface area contributed by atoms with Gasteiger partial charge in [0.1, 0.15) is 11.6 Å². The normalized spacial score (nSPS) is 10.5. The summed E-state index contributed by atoms with van der Waals surface area (Å²) in [6.45, 7) is 1.97. The fourth-order valence-corrected chi connectivity index (χ4v) is 3.11. The van der Waals surface area contributed by atoms with Crippen LogP contribution >= 0.6 is 11.3 Å². The summed E-state index contributed by atoms with van der Waals surface area (Å²) < 4.78 is 24.3. The average molecular weight is 374 g/mol. The molecule has 1 aromatic heterocycles. The van der Waals surface area contributed by atoms with E-state index < -0.39 is 24.3 Å². The van der Waals surface area contributed by atoms with Gasteiger partial charge in [-0.15, -0.1) is 0 Å². The smallest absolute Gasteiger partial charge is 0.338 e. The minimum absolute atomic E-state index is 0.0428. The van der Waals surface area contributed by atoms with Gasteiger partial charge in [0.15, 0.2) is 11.7 Å². The summed E-state index contributed by atoms with van der Waals surface area (Å²) in [4.78, 5) is 28.0. The Bertz CT molecular complexity index is 957. The van der Waals surface area contributed by atoms with Crippen LogP contribution in [0.5, 0.6) is 5.75 Å². The molecule has 0 aliphatic carbocycles. The number of thiazole rings is 1. The zero-order valence-corrected chi connectivity index (χ0v) is 14.6. The van der Waals surface area contributed by atoms with Crippen LogP contribution in [0.1, 0.15) is 17.3 Å². The van der Waals surface area contributed by atoms with Gasteiger partial charge in [0.2, 0.25) is 0 Å². The second kappa shape index (κ2) is 7.92. The molecule has 0 aliphatic rings. The number of anilines is 1. The minimum atomic E-state index is -0.773. The van der Waals surface area contributed by atoms with Crippen LogP contribution in [0.2, 0.25) is 0 Å². The van der Waals surface area contributed by atoms with Gasteiger partial charge in [-0.1, -0.05) is 17.4 Å². The molecule has 1 amide bonds. The maximum absolute atomic E-state index is 13.1. The predicted molar refractivity (Wildman–Crippen MR) is 96.1 cm³/mol. The van der Waals surface area contributed by atoms with E-state index >= 15 is 0 Å². The Labute approximate surface area is 152 Å². The number of ether oxygens (including phenoxy) is 2. The van der Waals surface area contributed by atoms with Gasteiger partial charge < -0.3 is 9.47 Å². The molecule has 0 bridgehead atoms. The van der Waals surface area contributed by atoms with Crippen molar-refractivity contribution in [3.8, 4) is 5.75 Å². The highest BCUT2D eigenvalue weighted by Gasteiger charge is 2.13. The van der Waals surface area contributed by atoms with Crippen molar-refractivity contribution >= 4 is 38.6 Å². The summed E-state index contributed by atoms with van der Waals surface area (Å²) in [6, 6.07) is 10.5. The third-order valence-electron chi connectivity index (χ3n) is 3.31. The lowest BCUT2D eigenvalue weighted by Crippen LogP contribution is -2.20. The monoisotopic (exact) mass is 374 g/mol. The molecular weight excluding hydrogens is 359 g/mol. The van der Waals surface area contributed by atoms with Crippen LogP contribution in [-0.2, 0) is 9.53 Å². The lowest BCUT2D eigenvalue weighted by molar-refractivity contribution is -0.119. The van der Waals surface area contributed by atoms with E-state index in [1.807, 2.05) is 13.0 Å². The van der Waals surface area contributed by atoms with Gasteiger partial charge in [-0.25, -0.2) is 14.2 Å². The van der Waals surface area contributed by atoms with Crippen molar-refractivity contribution in [2.45, 2.75) is 6.92 Å². The minimum Gasteiger partial charge on any atom is -0.494 e. The van der Waals surface area contributed by atoms with Crippen LogP contribution in [0.25, 0.3) is 10.2 Å². The highest BCUT2D eigenvalue weighted by Crippen LogP contribution is 2.29. The number of benzene rings is 2. The number of halogens is 1. The molecule has 1 N–H and O–H groups in total. The summed E-state index contributed by atoms with van der Waals surface area (Å²) in [5, 5.41) is 2.97. The molecule has 0 spiro atoms. The fraction of sp³-hybridized carbons (Fsp3) is 0.167. The van der Waals surface area contributed by atoms with E-state index in [9.17, 15) is 14.0 Å². The first-order valence-corrected chi connectivity index (χ1v) is 8.62. The van der Waals surface area contributed by atoms with E-state index in [0.717, 1.165) is 22.0 Å². The van der Waals surface area contributed by atoms with Crippen molar-refractivity contribution in [2.75, 3.05) is 18.5 Å². The van der Waals surface area contributed by atoms with E-state index in [0.29, 0.717) is 11.7 Å². The lowest BCUT2D eigenvalue weighted by Gasteiger charge is -2.04. The Morgan fingerprint density at radius 1 is 1.23 bits per heavy atom. The largest absolute Gasteiger partial charge is 0.494 e. The number of carbonyl (C=O) groups is 2. The van der Waals surface area contributed by atoms with Crippen molar-refractivity contribution in [1.82, 2.24) is 4.98 Å². The van der Waals surface area contributed by atoms with E-state index in [2.05, 4.69) is 10.3 Å². The first-order valence-electron chi connectivity index (χ1n) is 7.81. The molecular formula is C18H15FN2O4S. The van der Waals surface area contributed by atoms with Gasteiger partial charge >= 0.3 is 5.97 Å². The number of fused-ring (bicyclic) bond motifs is 1. The van der Waals surface area contributed by atoms with Gasteiger partial charge in [-0.3, -0.25) is 10.1 Å². The maximum atomic E-state index is 13.1. The molecule has 6 nitrogen and oxygen atoms in total. The first-order chi connectivity index (χ1) is 12.5. The molecule has 0 fully saturated rings. The fourth-order valence-electron chi connectivity index (χ4n) is 2.20. The Kier molecular flexibility index (Phi) is 5.43. The molecule has 0 aliphatic heterocycles. The number of rotatable bonds is 6. The zero-order valence-electron chi connectivity index (χ0n) is 13.8. The number of amides is 1. The quantitative estimate of drug-likeness (QED) is 0.667. The van der Waals surface area contributed by atoms with Gasteiger partial charge in [0.25, 0.3) is 5.91 Å². The molecule has 1 heterocycles. The second-order valence-corrected chi connectivity index (χ2v) is 6.25. The van der Waals surface area contributed by atoms with Crippen molar-refractivity contribution < 1.29 is 23.5 Å². The molecule has 134 valence electrons. The van der Waals surface area contributed by atoms with E-state index in [-0.39, 0.29) is 5.56 Å². The number of hydrogen-bond donors (Lipinski definition) is 1. The van der Waals surface area contributed by atoms with Crippen LogP contribution in [-0.4, -0.2) is 30.1 Å². The molecule has 3 rings (SSSR count). The first kappa shape index (κ1) is 17.8. The van der Waals surface area contributed by atoms with Crippen molar-refractivity contribution in [3.63, 3.8) is 0 Å². The molecule has 0 saturated carbocycles. The Morgan fingerprint density at radius 2 is 2.08 bits per heavy atom. The Morgan fingerprint density at radius 3 is 2.85 bits per heavy atom. The van der Waals surface area contributed by atoms with E-state index in [4.69, 9.17) is 9.47 Å². The van der Waals surface area contributed by atoms with Crippen LogP contribution in [0.3, 0.4) is 0 Å². The molecule has 2 aromatic carbocycles. The Balaban J connectivity index is 1.59. The van der Waals surface area contributed by atoms with Crippen LogP contribution < -0.4 is 10.1 Å². The average Bonchev–Trinajstić information content (AvgIpc) is 3.01. The predicted octanol–water partition coefficient (Wildman–Crippen LogP) is 3.63. The third kappa shape index (κ3) is 4.34.